The molecule has 118 valence electrons. The van der Waals surface area contributed by atoms with Crippen LogP contribution < -0.4 is 10.1 Å². The van der Waals surface area contributed by atoms with Gasteiger partial charge in [0, 0.05) is 24.6 Å². The highest BCUT2D eigenvalue weighted by atomic mass is 16.5. The lowest BCUT2D eigenvalue weighted by atomic mass is 10.0. The lowest BCUT2D eigenvalue weighted by molar-refractivity contribution is 0.400. The number of rotatable bonds is 6. The molecule has 0 radical (unpaired) electrons. The first-order chi connectivity index (χ1) is 10.6. The molecule has 1 N–H and O–H groups in total. The van der Waals surface area contributed by atoms with E-state index in [1.54, 1.807) is 7.11 Å². The van der Waals surface area contributed by atoms with Crippen molar-refractivity contribution in [1.29, 1.82) is 0 Å². The molecule has 2 aromatic rings. The van der Waals surface area contributed by atoms with Gasteiger partial charge in [-0.1, -0.05) is 17.7 Å². The third-order valence-corrected chi connectivity index (χ3v) is 4.36. The molecule has 5 nitrogen and oxygen atoms in total. The van der Waals surface area contributed by atoms with Crippen LogP contribution in [0, 0.1) is 6.92 Å². The van der Waals surface area contributed by atoms with E-state index in [1.807, 2.05) is 6.07 Å². The molecule has 1 aliphatic rings. The smallest absolute Gasteiger partial charge is 0.146 e. The maximum absolute atomic E-state index is 5.47. The van der Waals surface area contributed by atoms with Crippen molar-refractivity contribution in [3.05, 3.63) is 41.0 Å². The Morgan fingerprint density at radius 3 is 2.82 bits per heavy atom. The second-order valence-electron chi connectivity index (χ2n) is 6.16. The average Bonchev–Trinajstić information content (AvgIpc) is 3.29. The van der Waals surface area contributed by atoms with Crippen molar-refractivity contribution >= 4 is 0 Å². The molecule has 1 saturated carbocycles. The van der Waals surface area contributed by atoms with Crippen molar-refractivity contribution in [3.8, 4) is 5.75 Å². The van der Waals surface area contributed by atoms with Crippen molar-refractivity contribution in [2.24, 2.45) is 7.05 Å². The Morgan fingerprint density at radius 1 is 1.36 bits per heavy atom. The summed E-state index contributed by atoms with van der Waals surface area (Å²) in [6.45, 7) is 4.95. The highest BCUT2D eigenvalue weighted by Crippen LogP contribution is 2.38. The molecule has 1 aromatic carbocycles. The Hall–Kier alpha value is -1.88. The van der Waals surface area contributed by atoms with E-state index in [2.05, 4.69) is 53.1 Å². The highest BCUT2D eigenvalue weighted by Gasteiger charge is 2.29. The molecular formula is C17H24N4O. The highest BCUT2D eigenvalue weighted by molar-refractivity contribution is 5.38. The molecule has 22 heavy (non-hydrogen) atoms. The summed E-state index contributed by atoms with van der Waals surface area (Å²) < 4.78 is 7.60. The molecule has 3 rings (SSSR count). The van der Waals surface area contributed by atoms with E-state index in [0.29, 0.717) is 12.5 Å². The fourth-order valence-corrected chi connectivity index (χ4v) is 2.77. The van der Waals surface area contributed by atoms with E-state index in [1.165, 1.54) is 24.0 Å². The SMILES string of the molecule is COc1ccc(C)cc1C(C)NCc1nnc(C2CC2)n1C. The van der Waals surface area contributed by atoms with Gasteiger partial charge >= 0.3 is 0 Å². The Morgan fingerprint density at radius 2 is 2.14 bits per heavy atom. The number of aryl methyl sites for hydroxylation is 1. The zero-order chi connectivity index (χ0) is 15.7. The minimum atomic E-state index is 0.191. The predicted octanol–water partition coefficient (Wildman–Crippen LogP) is 2.86. The molecule has 0 saturated heterocycles. The number of hydrogen-bond acceptors (Lipinski definition) is 4. The number of benzene rings is 1. The summed E-state index contributed by atoms with van der Waals surface area (Å²) in [7, 11) is 3.77. The topological polar surface area (TPSA) is 52.0 Å². The summed E-state index contributed by atoms with van der Waals surface area (Å²) in [5.41, 5.74) is 2.41. The van der Waals surface area contributed by atoms with Crippen LogP contribution >= 0.6 is 0 Å². The Kier molecular flexibility index (Phi) is 4.16. The van der Waals surface area contributed by atoms with E-state index in [9.17, 15) is 0 Å². The average molecular weight is 300 g/mol. The van der Waals surface area contributed by atoms with Crippen molar-refractivity contribution < 1.29 is 4.74 Å². The van der Waals surface area contributed by atoms with E-state index in [4.69, 9.17) is 4.74 Å². The lowest BCUT2D eigenvalue weighted by Crippen LogP contribution is -2.21. The van der Waals surface area contributed by atoms with Crippen LogP contribution in [0.4, 0.5) is 0 Å². The van der Waals surface area contributed by atoms with Gasteiger partial charge in [-0.2, -0.15) is 0 Å². The van der Waals surface area contributed by atoms with Gasteiger partial charge < -0.3 is 14.6 Å². The summed E-state index contributed by atoms with van der Waals surface area (Å²) in [4.78, 5) is 0. The molecular weight excluding hydrogens is 276 g/mol. The summed E-state index contributed by atoms with van der Waals surface area (Å²) in [6.07, 6.45) is 2.49. The number of hydrogen-bond donors (Lipinski definition) is 1. The number of methoxy groups -OCH3 is 1. The van der Waals surface area contributed by atoms with Gasteiger partial charge in [-0.3, -0.25) is 0 Å². The molecule has 1 heterocycles. The first-order valence-corrected chi connectivity index (χ1v) is 7.86. The van der Waals surface area contributed by atoms with E-state index in [-0.39, 0.29) is 6.04 Å². The molecule has 1 unspecified atom stereocenters. The lowest BCUT2D eigenvalue weighted by Gasteiger charge is -2.18. The van der Waals surface area contributed by atoms with Crippen LogP contribution in [0.2, 0.25) is 0 Å². The maximum atomic E-state index is 5.47. The second-order valence-corrected chi connectivity index (χ2v) is 6.16. The normalized spacial score (nSPS) is 15.8. The van der Waals surface area contributed by atoms with Crippen LogP contribution in [0.25, 0.3) is 0 Å². The molecule has 0 amide bonds. The Balaban J connectivity index is 1.69. The van der Waals surface area contributed by atoms with E-state index < -0.39 is 0 Å². The summed E-state index contributed by atoms with van der Waals surface area (Å²) in [5.74, 6) is 3.65. The first kappa shape index (κ1) is 15.0. The minimum Gasteiger partial charge on any atom is -0.496 e. The second kappa shape index (κ2) is 6.08. The van der Waals surface area contributed by atoms with Gasteiger partial charge in [0.25, 0.3) is 0 Å². The van der Waals surface area contributed by atoms with Gasteiger partial charge in [-0.25, -0.2) is 0 Å². The van der Waals surface area contributed by atoms with Crippen LogP contribution in [0.15, 0.2) is 18.2 Å². The molecule has 0 aliphatic heterocycles. The van der Waals surface area contributed by atoms with Gasteiger partial charge in [-0.15, -0.1) is 10.2 Å². The van der Waals surface area contributed by atoms with Crippen LogP contribution in [-0.4, -0.2) is 21.9 Å². The van der Waals surface area contributed by atoms with E-state index >= 15 is 0 Å². The van der Waals surface area contributed by atoms with Gasteiger partial charge in [0.15, 0.2) is 0 Å². The summed E-state index contributed by atoms with van der Waals surface area (Å²) in [6, 6.07) is 6.45. The predicted molar refractivity (Wildman–Crippen MR) is 86.0 cm³/mol. The number of nitrogens with one attached hydrogen (secondary N) is 1. The number of aromatic nitrogens is 3. The fraction of sp³-hybridized carbons (Fsp3) is 0.529. The number of nitrogens with zero attached hydrogens (tertiary/aromatic N) is 3. The molecule has 1 atom stereocenters. The Labute approximate surface area is 131 Å². The molecule has 1 aliphatic carbocycles. The number of ether oxygens (including phenoxy) is 1. The third-order valence-electron chi connectivity index (χ3n) is 4.36. The maximum Gasteiger partial charge on any atom is 0.146 e. The first-order valence-electron chi connectivity index (χ1n) is 7.86. The minimum absolute atomic E-state index is 0.191. The van der Waals surface area contributed by atoms with Crippen LogP contribution in [0.1, 0.15) is 54.5 Å². The van der Waals surface area contributed by atoms with Gasteiger partial charge in [-0.05, 0) is 32.8 Å². The van der Waals surface area contributed by atoms with Crippen LogP contribution in [0.3, 0.4) is 0 Å². The quantitative estimate of drug-likeness (QED) is 0.891. The molecule has 0 bridgehead atoms. The van der Waals surface area contributed by atoms with Crippen LogP contribution in [0.5, 0.6) is 5.75 Å². The third kappa shape index (κ3) is 2.99. The van der Waals surface area contributed by atoms with Crippen molar-refractivity contribution in [2.45, 2.75) is 45.2 Å². The standard InChI is InChI=1S/C17H24N4O/c1-11-5-8-15(22-4)14(9-11)12(2)18-10-16-19-20-17(21(16)3)13-6-7-13/h5,8-9,12-13,18H,6-7,10H2,1-4H3. The van der Waals surface area contributed by atoms with Gasteiger partial charge in [0.1, 0.15) is 17.4 Å². The monoisotopic (exact) mass is 300 g/mol. The molecule has 5 heteroatoms. The van der Waals surface area contributed by atoms with Crippen molar-refractivity contribution in [2.75, 3.05) is 7.11 Å². The zero-order valence-electron chi connectivity index (χ0n) is 13.8. The molecule has 1 fully saturated rings. The Bertz CT molecular complexity index is 661. The molecule has 0 spiro atoms. The largest absolute Gasteiger partial charge is 0.496 e. The zero-order valence-corrected chi connectivity index (χ0v) is 13.8. The fourth-order valence-electron chi connectivity index (χ4n) is 2.77. The summed E-state index contributed by atoms with van der Waals surface area (Å²) >= 11 is 0. The van der Waals surface area contributed by atoms with E-state index in [0.717, 1.165) is 17.4 Å². The van der Waals surface area contributed by atoms with Crippen molar-refractivity contribution in [1.82, 2.24) is 20.1 Å². The molecule has 1 aromatic heterocycles. The summed E-state index contributed by atoms with van der Waals surface area (Å²) in [5, 5.41) is 12.2. The van der Waals surface area contributed by atoms with Crippen LogP contribution in [-0.2, 0) is 13.6 Å². The van der Waals surface area contributed by atoms with Gasteiger partial charge in [0.2, 0.25) is 0 Å². The van der Waals surface area contributed by atoms with Gasteiger partial charge in [0.05, 0.1) is 13.7 Å². The van der Waals surface area contributed by atoms with Crippen molar-refractivity contribution in [3.63, 3.8) is 0 Å².